The predicted octanol–water partition coefficient (Wildman–Crippen LogP) is 1.98. The van der Waals surface area contributed by atoms with E-state index in [1.165, 1.54) is 25.0 Å². The molecule has 3 rings (SSSR count). The lowest BCUT2D eigenvalue weighted by Gasteiger charge is -2.19. The lowest BCUT2D eigenvalue weighted by atomic mass is 10.2. The van der Waals surface area contributed by atoms with Crippen LogP contribution in [0.3, 0.4) is 0 Å². The highest BCUT2D eigenvalue weighted by Gasteiger charge is 2.20. The molecule has 1 unspecified atom stereocenters. The topological polar surface area (TPSA) is 50.2 Å². The van der Waals surface area contributed by atoms with Gasteiger partial charge in [0.15, 0.2) is 5.43 Å². The summed E-state index contributed by atoms with van der Waals surface area (Å²) >= 11 is 1.96. The van der Waals surface area contributed by atoms with Crippen molar-refractivity contribution in [1.82, 2.24) is 14.6 Å². The van der Waals surface area contributed by atoms with Gasteiger partial charge < -0.3 is 0 Å². The molecule has 1 atom stereocenters. The van der Waals surface area contributed by atoms with Crippen LogP contribution in [0.5, 0.6) is 0 Å². The SMILES string of the molecule is O=c1ccn2c(C3CCCCS3)n[nH]c2c1. The van der Waals surface area contributed by atoms with Crippen molar-refractivity contribution < 1.29 is 0 Å². The van der Waals surface area contributed by atoms with E-state index in [9.17, 15) is 4.79 Å². The minimum atomic E-state index is 0.0199. The fourth-order valence-electron chi connectivity index (χ4n) is 2.11. The van der Waals surface area contributed by atoms with Crippen LogP contribution in [0.2, 0.25) is 0 Å². The number of hydrogen-bond acceptors (Lipinski definition) is 3. The number of nitrogens with one attached hydrogen (secondary N) is 1. The van der Waals surface area contributed by atoms with Crippen molar-refractivity contribution in [2.75, 3.05) is 5.75 Å². The minimum Gasteiger partial charge on any atom is -0.290 e. The van der Waals surface area contributed by atoms with Gasteiger partial charge in [0.25, 0.3) is 0 Å². The number of fused-ring (bicyclic) bond motifs is 1. The quantitative estimate of drug-likeness (QED) is 0.822. The molecule has 0 saturated carbocycles. The smallest absolute Gasteiger partial charge is 0.183 e. The summed E-state index contributed by atoms with van der Waals surface area (Å²) < 4.78 is 1.99. The molecule has 2 aromatic rings. The highest BCUT2D eigenvalue weighted by Crippen LogP contribution is 2.37. The Kier molecular flexibility index (Phi) is 2.47. The van der Waals surface area contributed by atoms with Gasteiger partial charge in [0, 0.05) is 18.3 Å². The van der Waals surface area contributed by atoms with Crippen LogP contribution in [0.25, 0.3) is 5.65 Å². The predicted molar refractivity (Wildman–Crippen MR) is 64.9 cm³/mol. The summed E-state index contributed by atoms with van der Waals surface area (Å²) in [6.45, 7) is 0. The van der Waals surface area contributed by atoms with Crippen LogP contribution in [0.1, 0.15) is 30.3 Å². The van der Waals surface area contributed by atoms with Crippen molar-refractivity contribution in [1.29, 1.82) is 0 Å². The van der Waals surface area contributed by atoms with Crippen molar-refractivity contribution in [3.8, 4) is 0 Å². The van der Waals surface area contributed by atoms with Crippen molar-refractivity contribution >= 4 is 17.4 Å². The van der Waals surface area contributed by atoms with Gasteiger partial charge >= 0.3 is 0 Å². The Hall–Kier alpha value is -1.23. The third kappa shape index (κ3) is 1.65. The Labute approximate surface area is 97.1 Å². The van der Waals surface area contributed by atoms with E-state index in [0.717, 1.165) is 11.5 Å². The van der Waals surface area contributed by atoms with Crippen molar-refractivity contribution in [2.45, 2.75) is 24.5 Å². The average Bonchev–Trinajstić information content (AvgIpc) is 2.73. The lowest BCUT2D eigenvalue weighted by molar-refractivity contribution is 0.657. The summed E-state index contributed by atoms with van der Waals surface area (Å²) in [5.74, 6) is 2.25. The molecule has 84 valence electrons. The van der Waals surface area contributed by atoms with Gasteiger partial charge in [0.05, 0.1) is 5.25 Å². The van der Waals surface area contributed by atoms with Gasteiger partial charge in [-0.3, -0.25) is 14.3 Å². The number of nitrogens with zero attached hydrogens (tertiary/aromatic N) is 2. The van der Waals surface area contributed by atoms with E-state index in [0.29, 0.717) is 5.25 Å². The molecule has 0 spiro atoms. The van der Waals surface area contributed by atoms with E-state index in [1.807, 2.05) is 22.4 Å². The van der Waals surface area contributed by atoms with Crippen molar-refractivity contribution in [3.05, 3.63) is 34.4 Å². The Bertz CT molecular complexity index is 554. The van der Waals surface area contributed by atoms with E-state index >= 15 is 0 Å². The number of aromatic nitrogens is 3. The van der Waals surface area contributed by atoms with Crippen LogP contribution in [0.15, 0.2) is 23.1 Å². The molecule has 0 amide bonds. The van der Waals surface area contributed by atoms with Gasteiger partial charge in [0.1, 0.15) is 11.5 Å². The number of thioether (sulfide) groups is 1. The van der Waals surface area contributed by atoms with E-state index in [2.05, 4.69) is 10.2 Å². The zero-order chi connectivity index (χ0) is 11.0. The number of rotatable bonds is 1. The van der Waals surface area contributed by atoms with Crippen LogP contribution in [-0.4, -0.2) is 20.4 Å². The van der Waals surface area contributed by atoms with Crippen molar-refractivity contribution in [2.24, 2.45) is 0 Å². The normalized spacial score (nSPS) is 21.4. The van der Waals surface area contributed by atoms with E-state index in [1.54, 1.807) is 12.1 Å². The second-order valence-electron chi connectivity index (χ2n) is 4.05. The van der Waals surface area contributed by atoms with Crippen LogP contribution in [-0.2, 0) is 0 Å². The van der Waals surface area contributed by atoms with Crippen molar-refractivity contribution in [3.63, 3.8) is 0 Å². The molecule has 0 radical (unpaired) electrons. The van der Waals surface area contributed by atoms with Crippen LogP contribution in [0, 0.1) is 0 Å². The zero-order valence-electron chi connectivity index (χ0n) is 8.85. The average molecular weight is 235 g/mol. The first kappa shape index (κ1) is 9.96. The maximum absolute atomic E-state index is 11.2. The molecule has 1 N–H and O–H groups in total. The maximum Gasteiger partial charge on any atom is 0.183 e. The first-order valence-corrected chi connectivity index (χ1v) is 6.58. The van der Waals surface area contributed by atoms with Gasteiger partial charge in [-0.05, 0) is 18.6 Å². The largest absolute Gasteiger partial charge is 0.290 e. The fourth-order valence-corrected chi connectivity index (χ4v) is 3.41. The molecule has 1 fully saturated rings. The second kappa shape index (κ2) is 3.97. The fraction of sp³-hybridized carbons (Fsp3) is 0.455. The van der Waals surface area contributed by atoms with Gasteiger partial charge in [-0.2, -0.15) is 16.9 Å². The molecule has 1 aliphatic heterocycles. The highest BCUT2D eigenvalue weighted by molar-refractivity contribution is 7.99. The third-order valence-corrected chi connectivity index (χ3v) is 4.30. The van der Waals surface area contributed by atoms with Gasteiger partial charge in [-0.25, -0.2) is 0 Å². The molecule has 4 nitrogen and oxygen atoms in total. The summed E-state index contributed by atoms with van der Waals surface area (Å²) in [6.07, 6.45) is 5.56. The van der Waals surface area contributed by atoms with Gasteiger partial charge in [0.2, 0.25) is 0 Å². The minimum absolute atomic E-state index is 0.0199. The molecule has 0 aromatic carbocycles. The molecule has 16 heavy (non-hydrogen) atoms. The molecular weight excluding hydrogens is 222 g/mol. The summed E-state index contributed by atoms with van der Waals surface area (Å²) in [4.78, 5) is 11.2. The Morgan fingerprint density at radius 1 is 1.50 bits per heavy atom. The molecule has 1 saturated heterocycles. The first-order chi connectivity index (χ1) is 7.84. The molecule has 0 bridgehead atoms. The van der Waals surface area contributed by atoms with E-state index in [-0.39, 0.29) is 5.43 Å². The van der Waals surface area contributed by atoms with Gasteiger partial charge in [-0.15, -0.1) is 0 Å². The third-order valence-electron chi connectivity index (χ3n) is 2.93. The first-order valence-electron chi connectivity index (χ1n) is 5.53. The maximum atomic E-state index is 11.2. The number of H-pyrrole nitrogens is 1. The highest BCUT2D eigenvalue weighted by atomic mass is 32.2. The second-order valence-corrected chi connectivity index (χ2v) is 5.37. The molecule has 1 aliphatic rings. The summed E-state index contributed by atoms with van der Waals surface area (Å²) in [7, 11) is 0. The number of pyridine rings is 1. The molecule has 0 aliphatic carbocycles. The summed E-state index contributed by atoms with van der Waals surface area (Å²) in [6, 6.07) is 3.17. The molecule has 3 heterocycles. The molecule has 5 heteroatoms. The van der Waals surface area contributed by atoms with Crippen LogP contribution in [0.4, 0.5) is 0 Å². The van der Waals surface area contributed by atoms with Crippen LogP contribution < -0.4 is 5.43 Å². The molecular formula is C11H13N3OS. The molecule has 2 aromatic heterocycles. The van der Waals surface area contributed by atoms with E-state index < -0.39 is 0 Å². The lowest BCUT2D eigenvalue weighted by Crippen LogP contribution is -2.07. The summed E-state index contributed by atoms with van der Waals surface area (Å²) in [5, 5.41) is 7.73. The Morgan fingerprint density at radius 3 is 3.25 bits per heavy atom. The number of aromatic amines is 1. The number of hydrogen-bond donors (Lipinski definition) is 1. The van der Waals surface area contributed by atoms with Crippen LogP contribution >= 0.6 is 11.8 Å². The Morgan fingerprint density at radius 2 is 2.44 bits per heavy atom. The standard InChI is InChI=1S/C11H13N3OS/c15-8-4-5-14-10(7-8)12-13-11(14)9-3-1-2-6-16-9/h4-5,7,9,12H,1-3,6H2. The summed E-state index contributed by atoms with van der Waals surface area (Å²) in [5.41, 5.74) is 0.806. The van der Waals surface area contributed by atoms with E-state index in [4.69, 9.17) is 0 Å². The monoisotopic (exact) mass is 235 g/mol. The van der Waals surface area contributed by atoms with Gasteiger partial charge in [-0.1, -0.05) is 6.42 Å². The zero-order valence-corrected chi connectivity index (χ0v) is 9.67. The Balaban J connectivity index is 2.06.